The molecule has 18 heavy (non-hydrogen) atoms. The van der Waals surface area contributed by atoms with Gasteiger partial charge in [0.1, 0.15) is 0 Å². The molecule has 0 aliphatic rings. The summed E-state index contributed by atoms with van der Waals surface area (Å²) in [5.74, 6) is 0.279. The number of nitrogens with one attached hydrogen (secondary N) is 1. The first-order chi connectivity index (χ1) is 8.48. The van der Waals surface area contributed by atoms with Crippen LogP contribution in [-0.4, -0.2) is 23.2 Å². The second-order valence-corrected chi connectivity index (χ2v) is 5.80. The number of alkyl halides is 2. The van der Waals surface area contributed by atoms with Crippen LogP contribution in [-0.2, 0) is 0 Å². The number of amides is 1. The number of carbonyl (C=O) groups excluding carboxylic acids is 1. The van der Waals surface area contributed by atoms with E-state index in [1.807, 2.05) is 6.92 Å². The Morgan fingerprint density at radius 1 is 1.39 bits per heavy atom. The van der Waals surface area contributed by atoms with Crippen molar-refractivity contribution in [2.24, 2.45) is 0 Å². The molecule has 0 spiro atoms. The predicted molar refractivity (Wildman–Crippen MR) is 81.1 cm³/mol. The average Bonchev–Trinajstić information content (AvgIpc) is 2.38. The van der Waals surface area contributed by atoms with Gasteiger partial charge in [0.25, 0.3) is 5.91 Å². The first kappa shape index (κ1) is 16.1. The van der Waals surface area contributed by atoms with Crippen molar-refractivity contribution in [2.75, 3.05) is 11.8 Å². The number of carbonyl (C=O) groups is 1. The van der Waals surface area contributed by atoms with E-state index in [1.165, 1.54) is 0 Å². The van der Waals surface area contributed by atoms with Crippen molar-refractivity contribution in [1.29, 1.82) is 0 Å². The third-order valence-electron chi connectivity index (χ3n) is 2.74. The SMILES string of the molecule is CCC(CCl)(CCl)NC(=O)c1cc(Cl)ccc1Br. The molecule has 2 nitrogen and oxygen atoms in total. The number of hydrogen-bond donors (Lipinski definition) is 1. The molecule has 1 aromatic rings. The van der Waals surface area contributed by atoms with Gasteiger partial charge in [-0.3, -0.25) is 4.79 Å². The zero-order valence-corrected chi connectivity index (χ0v) is 13.6. The van der Waals surface area contributed by atoms with Crippen LogP contribution in [0, 0.1) is 0 Å². The molecule has 0 saturated carbocycles. The van der Waals surface area contributed by atoms with Gasteiger partial charge in [-0.05, 0) is 40.5 Å². The van der Waals surface area contributed by atoms with Crippen LogP contribution in [0.2, 0.25) is 5.02 Å². The topological polar surface area (TPSA) is 29.1 Å². The second-order valence-electron chi connectivity index (χ2n) is 3.98. The molecular formula is C12H13BrCl3NO. The summed E-state index contributed by atoms with van der Waals surface area (Å²) in [6.07, 6.45) is 0.657. The summed E-state index contributed by atoms with van der Waals surface area (Å²) >= 11 is 21.0. The molecule has 0 radical (unpaired) electrons. The van der Waals surface area contributed by atoms with Gasteiger partial charge in [-0.15, -0.1) is 23.2 Å². The minimum absolute atomic E-state index is 0.243. The molecule has 1 N–H and O–H groups in total. The van der Waals surface area contributed by atoms with Crippen LogP contribution in [0.15, 0.2) is 22.7 Å². The van der Waals surface area contributed by atoms with Crippen molar-refractivity contribution in [2.45, 2.75) is 18.9 Å². The van der Waals surface area contributed by atoms with Crippen LogP contribution in [0.25, 0.3) is 0 Å². The van der Waals surface area contributed by atoms with E-state index in [2.05, 4.69) is 21.2 Å². The summed E-state index contributed by atoms with van der Waals surface area (Å²) in [6, 6.07) is 5.04. The maximum atomic E-state index is 12.2. The number of hydrogen-bond acceptors (Lipinski definition) is 1. The van der Waals surface area contributed by atoms with E-state index < -0.39 is 5.54 Å². The third-order valence-corrected chi connectivity index (χ3v) is 4.69. The normalized spacial score (nSPS) is 11.4. The maximum absolute atomic E-state index is 12.2. The first-order valence-electron chi connectivity index (χ1n) is 5.37. The maximum Gasteiger partial charge on any atom is 0.252 e. The van der Waals surface area contributed by atoms with Gasteiger partial charge in [0.2, 0.25) is 0 Å². The molecule has 0 heterocycles. The van der Waals surface area contributed by atoms with E-state index in [1.54, 1.807) is 18.2 Å². The summed E-state index contributed by atoms with van der Waals surface area (Å²) in [6.45, 7) is 1.93. The lowest BCUT2D eigenvalue weighted by molar-refractivity contribution is 0.0912. The summed E-state index contributed by atoms with van der Waals surface area (Å²) in [5, 5.41) is 3.37. The fourth-order valence-corrected chi connectivity index (χ4v) is 2.76. The Labute approximate surface area is 130 Å². The van der Waals surface area contributed by atoms with Crippen molar-refractivity contribution in [3.63, 3.8) is 0 Å². The lowest BCUT2D eigenvalue weighted by Crippen LogP contribution is -2.51. The van der Waals surface area contributed by atoms with Crippen molar-refractivity contribution in [3.8, 4) is 0 Å². The molecule has 1 aromatic carbocycles. The van der Waals surface area contributed by atoms with E-state index in [0.29, 0.717) is 21.5 Å². The molecule has 1 amide bonds. The van der Waals surface area contributed by atoms with Gasteiger partial charge in [0, 0.05) is 21.3 Å². The zero-order chi connectivity index (χ0) is 13.8. The van der Waals surface area contributed by atoms with E-state index in [-0.39, 0.29) is 17.7 Å². The summed E-state index contributed by atoms with van der Waals surface area (Å²) in [7, 11) is 0. The highest BCUT2D eigenvalue weighted by atomic mass is 79.9. The number of benzene rings is 1. The molecule has 0 atom stereocenters. The Balaban J connectivity index is 2.97. The fraction of sp³-hybridized carbons (Fsp3) is 0.417. The monoisotopic (exact) mass is 371 g/mol. The summed E-state index contributed by atoms with van der Waals surface area (Å²) in [4.78, 5) is 12.2. The van der Waals surface area contributed by atoms with Gasteiger partial charge in [0.05, 0.1) is 11.1 Å². The van der Waals surface area contributed by atoms with Gasteiger partial charge in [-0.25, -0.2) is 0 Å². The van der Waals surface area contributed by atoms with Crippen molar-refractivity contribution >= 4 is 56.6 Å². The molecule has 100 valence electrons. The predicted octanol–water partition coefficient (Wildman–Crippen LogP) is 4.46. The molecule has 0 saturated heterocycles. The van der Waals surface area contributed by atoms with Crippen molar-refractivity contribution < 1.29 is 4.79 Å². The molecule has 0 aromatic heterocycles. The van der Waals surface area contributed by atoms with Crippen molar-refractivity contribution in [1.82, 2.24) is 5.32 Å². The zero-order valence-electron chi connectivity index (χ0n) is 9.77. The van der Waals surface area contributed by atoms with Gasteiger partial charge < -0.3 is 5.32 Å². The van der Waals surface area contributed by atoms with Crippen LogP contribution in [0.5, 0.6) is 0 Å². The Morgan fingerprint density at radius 3 is 2.50 bits per heavy atom. The van der Waals surface area contributed by atoms with Crippen LogP contribution in [0.1, 0.15) is 23.7 Å². The number of halogens is 4. The Morgan fingerprint density at radius 2 is 2.00 bits per heavy atom. The first-order valence-corrected chi connectivity index (χ1v) is 7.61. The van der Waals surface area contributed by atoms with E-state index in [9.17, 15) is 4.79 Å². The molecule has 0 aliphatic carbocycles. The Hall–Kier alpha value is 0.0400. The minimum atomic E-state index is -0.595. The van der Waals surface area contributed by atoms with Crippen LogP contribution in [0.3, 0.4) is 0 Å². The lowest BCUT2D eigenvalue weighted by Gasteiger charge is -2.29. The highest BCUT2D eigenvalue weighted by Gasteiger charge is 2.29. The van der Waals surface area contributed by atoms with Gasteiger partial charge >= 0.3 is 0 Å². The quantitative estimate of drug-likeness (QED) is 0.759. The van der Waals surface area contributed by atoms with Crippen LogP contribution < -0.4 is 5.32 Å². The van der Waals surface area contributed by atoms with Crippen LogP contribution >= 0.6 is 50.7 Å². The molecule has 0 fully saturated rings. The summed E-state index contributed by atoms with van der Waals surface area (Å²) < 4.78 is 0.679. The summed E-state index contributed by atoms with van der Waals surface area (Å²) in [5.41, 5.74) is -0.127. The molecule has 1 rings (SSSR count). The molecule has 0 bridgehead atoms. The molecule has 0 unspecified atom stereocenters. The van der Waals surface area contributed by atoms with Gasteiger partial charge in [0.15, 0.2) is 0 Å². The lowest BCUT2D eigenvalue weighted by atomic mass is 10.0. The van der Waals surface area contributed by atoms with Crippen LogP contribution in [0.4, 0.5) is 0 Å². The molecular weight excluding hydrogens is 360 g/mol. The molecule has 0 aliphatic heterocycles. The smallest absolute Gasteiger partial charge is 0.252 e. The molecule has 6 heteroatoms. The average molecular weight is 374 g/mol. The fourth-order valence-electron chi connectivity index (χ4n) is 1.36. The number of rotatable bonds is 5. The minimum Gasteiger partial charge on any atom is -0.344 e. The van der Waals surface area contributed by atoms with E-state index in [4.69, 9.17) is 34.8 Å². The van der Waals surface area contributed by atoms with E-state index >= 15 is 0 Å². The van der Waals surface area contributed by atoms with Gasteiger partial charge in [-0.2, -0.15) is 0 Å². The van der Waals surface area contributed by atoms with Gasteiger partial charge in [-0.1, -0.05) is 18.5 Å². The Kier molecular flexibility index (Phi) is 6.25. The second kappa shape index (κ2) is 6.99. The largest absolute Gasteiger partial charge is 0.344 e. The van der Waals surface area contributed by atoms with E-state index in [0.717, 1.165) is 0 Å². The third kappa shape index (κ3) is 3.77. The highest BCUT2D eigenvalue weighted by Crippen LogP contribution is 2.23. The standard InChI is InChI=1S/C12H13BrCl3NO/c1-2-12(6-14,7-15)17-11(18)9-5-8(16)3-4-10(9)13/h3-5H,2,6-7H2,1H3,(H,17,18). The Bertz CT molecular complexity index is 427. The van der Waals surface area contributed by atoms with Crippen molar-refractivity contribution in [3.05, 3.63) is 33.3 Å². The highest BCUT2D eigenvalue weighted by molar-refractivity contribution is 9.10.